The van der Waals surface area contributed by atoms with E-state index in [9.17, 15) is 0 Å². The third-order valence-electron chi connectivity index (χ3n) is 15.4. The molecule has 0 bridgehead atoms. The first-order valence-corrected chi connectivity index (χ1v) is 27.1. The van der Waals surface area contributed by atoms with Gasteiger partial charge in [-0.25, -0.2) is 4.98 Å². The smallest absolute Gasteiger partial charge is 0.0957 e. The highest BCUT2D eigenvalue weighted by molar-refractivity contribution is 7.09. The van der Waals surface area contributed by atoms with Gasteiger partial charge in [0, 0.05) is 140 Å². The van der Waals surface area contributed by atoms with E-state index < -0.39 is 0 Å². The molecule has 72 heavy (non-hydrogen) atoms. The van der Waals surface area contributed by atoms with Crippen LogP contribution in [0.15, 0.2) is 61.2 Å². The van der Waals surface area contributed by atoms with Gasteiger partial charge in [-0.2, -0.15) is 0 Å². The number of aryl methyl sites for hydroxylation is 4. The number of hydrogen-bond donors (Lipinski definition) is 4. The first-order valence-electron chi connectivity index (χ1n) is 26.2. The number of anilines is 8. The van der Waals surface area contributed by atoms with Gasteiger partial charge < -0.3 is 57.1 Å². The molecule has 1 spiro atoms. The molecule has 5 aromatic heterocycles. The van der Waals surface area contributed by atoms with Crippen LogP contribution < -0.4 is 42.5 Å². The number of morpholine rings is 1. The largest absolute Gasteiger partial charge is 0.396 e. The average Bonchev–Trinajstić information content (AvgIpc) is 3.91. The summed E-state index contributed by atoms with van der Waals surface area (Å²) in [7, 11) is 4.39. The Kier molecular flexibility index (Phi) is 17.9. The second-order valence-electron chi connectivity index (χ2n) is 20.9. The van der Waals surface area contributed by atoms with Crippen LogP contribution in [0.3, 0.4) is 0 Å². The Bertz CT molecular complexity index is 2410. The molecule has 1 atom stereocenters. The fourth-order valence-electron chi connectivity index (χ4n) is 11.7. The molecule has 11 heterocycles. The molecule has 0 amide bonds. The zero-order valence-electron chi connectivity index (χ0n) is 44.0. The molecule has 5 aromatic rings. The van der Waals surface area contributed by atoms with Crippen LogP contribution in [0, 0.1) is 27.7 Å². The number of nitrogens with two attached hydrogens (primary N) is 4. The van der Waals surface area contributed by atoms with E-state index in [0.29, 0.717) is 12.0 Å². The molecule has 6 aliphatic rings. The number of rotatable bonds is 5. The summed E-state index contributed by atoms with van der Waals surface area (Å²) >= 11 is 1.77. The van der Waals surface area contributed by atoms with E-state index in [4.69, 9.17) is 27.7 Å². The number of pyridine rings is 4. The number of ether oxygens (including phenoxy) is 1. The van der Waals surface area contributed by atoms with E-state index in [-0.39, 0.29) is 5.60 Å². The van der Waals surface area contributed by atoms with Crippen molar-refractivity contribution in [1.82, 2.24) is 39.6 Å². The van der Waals surface area contributed by atoms with E-state index in [1.165, 1.54) is 59.9 Å². The number of nitrogens with zero attached hydrogens (tertiary/aromatic N) is 12. The van der Waals surface area contributed by atoms with Crippen molar-refractivity contribution in [1.29, 1.82) is 0 Å². The van der Waals surface area contributed by atoms with Crippen molar-refractivity contribution in [2.45, 2.75) is 90.2 Å². The van der Waals surface area contributed by atoms with E-state index in [0.717, 1.165) is 156 Å². The molecule has 0 aliphatic carbocycles. The highest BCUT2D eigenvalue weighted by Crippen LogP contribution is 2.37. The summed E-state index contributed by atoms with van der Waals surface area (Å²) in [6, 6.07) is 0.625. The highest BCUT2D eigenvalue weighted by atomic mass is 32.1. The standard InChI is InChI=1S/C15H24N4O.C14H23N5.C14H18N4S.C11H17N3/c1-12-9-17-10-13(16)14(12)19-5-3-15(4-6-19)11-18(2)7-8-20-15;1-11-7-16-8-13(15)14(11)19-6-5-18-4-3-17(2)9-12(18)10-19;1-10-8-16-9-12(15)13(10)18-5-2-11(3-6-18)14-17-4-7-19-14;1-9-7-13-8-10(12)11(9)14-5-3-2-4-6-14/h9-10H,3-8,11,16H2,1-2H3;7-8,12H,3-6,9-10,15H2,1-2H3;4,7-9,11H,2-3,5-6,15H2,1H3;7-8H,2-6,12H2,1H3. The summed E-state index contributed by atoms with van der Waals surface area (Å²) < 4.78 is 6.11. The van der Waals surface area contributed by atoms with Gasteiger partial charge >= 0.3 is 0 Å². The topological polar surface area (TPSA) is 200 Å². The molecule has 18 heteroatoms. The number of piperidine rings is 3. The predicted octanol–water partition coefficient (Wildman–Crippen LogP) is 6.46. The van der Waals surface area contributed by atoms with E-state index in [2.05, 4.69) is 106 Å². The zero-order valence-corrected chi connectivity index (χ0v) is 44.8. The molecule has 11 rings (SSSR count). The number of piperazine rings is 2. The van der Waals surface area contributed by atoms with E-state index >= 15 is 0 Å². The summed E-state index contributed by atoms with van der Waals surface area (Å²) in [5, 5.41) is 3.34. The lowest BCUT2D eigenvalue weighted by Gasteiger charge is -2.47. The Balaban J connectivity index is 0.000000129. The molecule has 8 N–H and O–H groups in total. The minimum absolute atomic E-state index is 0.0548. The predicted molar refractivity (Wildman–Crippen MR) is 299 cm³/mol. The zero-order chi connectivity index (χ0) is 50.8. The Morgan fingerprint density at radius 3 is 1.50 bits per heavy atom. The summed E-state index contributed by atoms with van der Waals surface area (Å²) in [6.45, 7) is 24.4. The van der Waals surface area contributed by atoms with Gasteiger partial charge in [0.15, 0.2) is 0 Å². The van der Waals surface area contributed by atoms with Crippen molar-refractivity contribution in [3.8, 4) is 0 Å². The lowest BCUT2D eigenvalue weighted by molar-refractivity contribution is -0.115. The maximum atomic E-state index is 6.12. The van der Waals surface area contributed by atoms with Crippen molar-refractivity contribution in [2.75, 3.05) is 155 Å². The lowest BCUT2D eigenvalue weighted by atomic mass is 9.89. The Morgan fingerprint density at radius 1 is 0.528 bits per heavy atom. The SMILES string of the molecule is Cc1cncc(N)c1N1CCC(c2nccs2)CC1.Cc1cncc(N)c1N1CCC2(CC1)CN(C)CCO2.Cc1cncc(N)c1N1CCCCC1.Cc1cncc(N)c1N1CCN2CCN(C)CC2C1. The quantitative estimate of drug-likeness (QED) is 0.149. The molecule has 17 nitrogen and oxygen atoms in total. The van der Waals surface area contributed by atoms with Crippen LogP contribution >= 0.6 is 11.3 Å². The highest BCUT2D eigenvalue weighted by Gasteiger charge is 2.39. The normalized spacial score (nSPS) is 20.9. The molecule has 6 aliphatic heterocycles. The molecule has 0 aromatic carbocycles. The molecular weight excluding hydrogens is 921 g/mol. The number of nitrogen functional groups attached to an aromatic ring is 4. The molecular formula is C54H82N16OS. The minimum Gasteiger partial charge on any atom is -0.396 e. The number of fused-ring (bicyclic) bond motifs is 1. The van der Waals surface area contributed by atoms with Crippen LogP contribution in [0.4, 0.5) is 45.5 Å². The van der Waals surface area contributed by atoms with Crippen LogP contribution in [0.2, 0.25) is 0 Å². The number of aromatic nitrogens is 5. The van der Waals surface area contributed by atoms with Gasteiger partial charge in [-0.05, 0) is 109 Å². The van der Waals surface area contributed by atoms with Crippen molar-refractivity contribution in [3.05, 3.63) is 88.4 Å². The monoisotopic (exact) mass is 1000 g/mol. The first kappa shape index (κ1) is 52.8. The van der Waals surface area contributed by atoms with E-state index in [1.54, 1.807) is 36.1 Å². The molecule has 0 radical (unpaired) electrons. The van der Waals surface area contributed by atoms with Crippen LogP contribution in [-0.4, -0.2) is 164 Å². The van der Waals surface area contributed by atoms with Crippen LogP contribution in [-0.2, 0) is 4.74 Å². The van der Waals surface area contributed by atoms with Crippen LogP contribution in [0.1, 0.15) is 78.1 Å². The van der Waals surface area contributed by atoms with Gasteiger partial charge in [0.05, 0.1) is 87.5 Å². The minimum atomic E-state index is 0.0548. The van der Waals surface area contributed by atoms with E-state index in [1.807, 2.05) is 31.0 Å². The molecule has 6 saturated heterocycles. The van der Waals surface area contributed by atoms with Gasteiger partial charge in [-0.15, -0.1) is 11.3 Å². The van der Waals surface area contributed by atoms with Crippen molar-refractivity contribution >= 4 is 56.8 Å². The van der Waals surface area contributed by atoms with Crippen molar-refractivity contribution in [3.63, 3.8) is 0 Å². The van der Waals surface area contributed by atoms with Gasteiger partial charge in [0.25, 0.3) is 0 Å². The second kappa shape index (κ2) is 24.5. The van der Waals surface area contributed by atoms with Crippen LogP contribution in [0.25, 0.3) is 0 Å². The Labute approximate surface area is 432 Å². The fourth-order valence-corrected chi connectivity index (χ4v) is 12.5. The van der Waals surface area contributed by atoms with Crippen molar-refractivity contribution in [2.24, 2.45) is 0 Å². The van der Waals surface area contributed by atoms with Gasteiger partial charge in [-0.1, -0.05) is 0 Å². The van der Waals surface area contributed by atoms with Gasteiger partial charge in [0.2, 0.25) is 0 Å². The molecule has 1 unspecified atom stereocenters. The summed E-state index contributed by atoms with van der Waals surface area (Å²) in [6.07, 6.45) is 24.8. The Morgan fingerprint density at radius 2 is 1.01 bits per heavy atom. The summed E-state index contributed by atoms with van der Waals surface area (Å²) in [5.74, 6) is 0.611. The molecule has 0 saturated carbocycles. The second-order valence-corrected chi connectivity index (χ2v) is 21.8. The number of likely N-dealkylation sites (N-methyl/N-ethyl adjacent to an activating group) is 2. The Hall–Kier alpha value is -5.53. The first-order chi connectivity index (χ1) is 34.8. The number of thiazole rings is 1. The fraction of sp³-hybridized carbons (Fsp3) is 0.574. The maximum Gasteiger partial charge on any atom is 0.0957 e. The van der Waals surface area contributed by atoms with Crippen LogP contribution in [0.5, 0.6) is 0 Å². The third kappa shape index (κ3) is 13.0. The summed E-state index contributed by atoms with van der Waals surface area (Å²) in [5.41, 5.74) is 36.8. The summed E-state index contributed by atoms with van der Waals surface area (Å²) in [4.78, 5) is 38.0. The van der Waals surface area contributed by atoms with Gasteiger partial charge in [0.1, 0.15) is 0 Å². The van der Waals surface area contributed by atoms with Crippen molar-refractivity contribution < 1.29 is 4.74 Å². The average molecular weight is 1000 g/mol. The lowest BCUT2D eigenvalue weighted by Crippen LogP contribution is -2.61. The molecule has 6 fully saturated rings. The van der Waals surface area contributed by atoms with Gasteiger partial charge in [-0.3, -0.25) is 24.8 Å². The maximum absolute atomic E-state index is 6.12. The third-order valence-corrected chi connectivity index (χ3v) is 16.4. The molecule has 390 valence electrons. The number of hydrogen-bond acceptors (Lipinski definition) is 18.